The van der Waals surface area contributed by atoms with E-state index in [0.29, 0.717) is 19.3 Å². The molecule has 2 aliphatic heterocycles. The fourth-order valence-corrected chi connectivity index (χ4v) is 4.43. The van der Waals surface area contributed by atoms with Gasteiger partial charge >= 0.3 is 18.0 Å². The predicted octanol–water partition coefficient (Wildman–Crippen LogP) is 3.45. The maximum Gasteiger partial charge on any atom is 0.411 e. The Hall–Kier alpha value is -2.57. The van der Waals surface area contributed by atoms with E-state index < -0.39 is 23.2 Å². The first-order valence-electron chi connectivity index (χ1n) is 9.96. The maximum atomic E-state index is 13.1. The normalized spacial score (nSPS) is 25.6. The summed E-state index contributed by atoms with van der Waals surface area (Å²) in [6.45, 7) is 5.52. The molecule has 2 bridgehead atoms. The lowest BCUT2D eigenvalue weighted by molar-refractivity contribution is -0.166. The van der Waals surface area contributed by atoms with E-state index in [9.17, 15) is 14.4 Å². The molecule has 0 aromatic heterocycles. The second-order valence-corrected chi connectivity index (χ2v) is 8.79. The highest BCUT2D eigenvalue weighted by Crippen LogP contribution is 2.52. The lowest BCUT2D eigenvalue weighted by Crippen LogP contribution is -2.53. The summed E-state index contributed by atoms with van der Waals surface area (Å²) in [5.41, 5.74) is -0.904. The quantitative estimate of drug-likeness (QED) is 0.553. The summed E-state index contributed by atoms with van der Waals surface area (Å²) < 4.78 is 16.0. The molecule has 7 nitrogen and oxygen atoms in total. The maximum absolute atomic E-state index is 13.1. The smallest absolute Gasteiger partial charge is 0.411 e. The molecule has 2 saturated heterocycles. The Morgan fingerprint density at radius 1 is 1.17 bits per heavy atom. The van der Waals surface area contributed by atoms with Gasteiger partial charge in [0.1, 0.15) is 17.7 Å². The number of nitrogens with zero attached hydrogens (tertiary/aromatic N) is 1. The summed E-state index contributed by atoms with van der Waals surface area (Å²) in [6, 6.07) is 9.13. The molecule has 0 spiro atoms. The Kier molecular flexibility index (Phi) is 5.87. The highest BCUT2D eigenvalue weighted by atomic mass is 16.6. The molecule has 2 aliphatic rings. The van der Waals surface area contributed by atoms with E-state index in [0.717, 1.165) is 5.56 Å². The second kappa shape index (κ2) is 8.05. The van der Waals surface area contributed by atoms with E-state index in [1.165, 1.54) is 12.0 Å². The number of hydrogen-bond donors (Lipinski definition) is 0. The number of esters is 2. The minimum atomic E-state index is -1.09. The summed E-state index contributed by atoms with van der Waals surface area (Å²) in [6.07, 6.45) is 1.12. The van der Waals surface area contributed by atoms with E-state index in [4.69, 9.17) is 14.2 Å². The first-order chi connectivity index (χ1) is 13.7. The van der Waals surface area contributed by atoms with Crippen molar-refractivity contribution in [1.82, 2.24) is 4.90 Å². The highest BCUT2D eigenvalue weighted by molar-refractivity contribution is 5.88. The van der Waals surface area contributed by atoms with E-state index in [-0.39, 0.29) is 31.0 Å². The summed E-state index contributed by atoms with van der Waals surface area (Å²) in [4.78, 5) is 39.6. The van der Waals surface area contributed by atoms with Gasteiger partial charge in [0.2, 0.25) is 0 Å². The van der Waals surface area contributed by atoms with Crippen molar-refractivity contribution in [2.75, 3.05) is 7.11 Å². The molecule has 0 radical (unpaired) electrons. The lowest BCUT2D eigenvalue weighted by atomic mass is 9.79. The predicted molar refractivity (Wildman–Crippen MR) is 105 cm³/mol. The van der Waals surface area contributed by atoms with Gasteiger partial charge in [-0.05, 0) is 51.5 Å². The number of carbonyl (C=O) groups excluding carboxylic acids is 3. The van der Waals surface area contributed by atoms with Gasteiger partial charge in [0.05, 0.1) is 13.5 Å². The third-order valence-electron chi connectivity index (χ3n) is 5.63. The van der Waals surface area contributed by atoms with Gasteiger partial charge in [0.15, 0.2) is 0 Å². The van der Waals surface area contributed by atoms with Crippen molar-refractivity contribution in [2.24, 2.45) is 5.92 Å². The van der Waals surface area contributed by atoms with Crippen molar-refractivity contribution >= 4 is 18.0 Å². The fourth-order valence-electron chi connectivity index (χ4n) is 4.43. The molecule has 3 rings (SSSR count). The van der Waals surface area contributed by atoms with Gasteiger partial charge in [-0.15, -0.1) is 0 Å². The number of ether oxygens (including phenoxy) is 3. The van der Waals surface area contributed by atoms with E-state index in [1.54, 1.807) is 20.8 Å². The van der Waals surface area contributed by atoms with Crippen molar-refractivity contribution in [3.63, 3.8) is 0 Å². The van der Waals surface area contributed by atoms with Gasteiger partial charge in [0.25, 0.3) is 0 Å². The molecule has 7 heteroatoms. The second-order valence-electron chi connectivity index (χ2n) is 8.79. The Morgan fingerprint density at radius 2 is 1.86 bits per heavy atom. The van der Waals surface area contributed by atoms with Gasteiger partial charge in [-0.25, -0.2) is 9.59 Å². The Labute approximate surface area is 171 Å². The van der Waals surface area contributed by atoms with E-state index in [2.05, 4.69) is 0 Å². The zero-order valence-electron chi connectivity index (χ0n) is 17.5. The van der Waals surface area contributed by atoms with Crippen LogP contribution in [0.5, 0.6) is 0 Å². The minimum absolute atomic E-state index is 0.120. The average molecular weight is 403 g/mol. The van der Waals surface area contributed by atoms with Crippen LogP contribution in [0.3, 0.4) is 0 Å². The zero-order valence-corrected chi connectivity index (χ0v) is 17.5. The van der Waals surface area contributed by atoms with E-state index >= 15 is 0 Å². The van der Waals surface area contributed by atoms with Crippen molar-refractivity contribution in [3.8, 4) is 0 Å². The first-order valence-corrected chi connectivity index (χ1v) is 9.96. The van der Waals surface area contributed by atoms with Gasteiger partial charge in [-0.2, -0.15) is 0 Å². The summed E-state index contributed by atoms with van der Waals surface area (Å²) >= 11 is 0. The average Bonchev–Trinajstić information content (AvgIpc) is 3.20. The van der Waals surface area contributed by atoms with Gasteiger partial charge in [-0.1, -0.05) is 30.3 Å². The molecule has 2 fully saturated rings. The van der Waals surface area contributed by atoms with E-state index in [1.807, 2.05) is 30.3 Å². The van der Waals surface area contributed by atoms with Crippen molar-refractivity contribution in [3.05, 3.63) is 35.9 Å². The number of methoxy groups -OCH3 is 1. The Balaban J connectivity index is 1.82. The number of fused-ring (bicyclic) bond motifs is 2. The molecule has 2 heterocycles. The highest BCUT2D eigenvalue weighted by Gasteiger charge is 2.64. The van der Waals surface area contributed by atoms with Gasteiger partial charge in [-0.3, -0.25) is 9.69 Å². The third-order valence-corrected chi connectivity index (χ3v) is 5.63. The fraction of sp³-hybridized carbons (Fsp3) is 0.591. The lowest BCUT2D eigenvalue weighted by Gasteiger charge is -2.34. The largest absolute Gasteiger partial charge is 0.469 e. The molecule has 29 heavy (non-hydrogen) atoms. The molecule has 0 unspecified atom stereocenters. The van der Waals surface area contributed by atoms with Crippen molar-refractivity contribution in [2.45, 2.75) is 70.2 Å². The molecule has 158 valence electrons. The molecule has 1 aromatic carbocycles. The van der Waals surface area contributed by atoms with Crippen LogP contribution in [0.2, 0.25) is 0 Å². The molecule has 0 N–H and O–H groups in total. The molecule has 3 atom stereocenters. The standard InChI is InChI=1S/C22H29NO6/c1-21(2,3)29-19(25)22-11-10-17(16(13-22)12-18(24)27-4)23(22)20(26)28-14-15-8-6-5-7-9-15/h5-9,16-17H,10-14H2,1-4H3/t16-,17-,22+/m1/s1. The molecule has 0 saturated carbocycles. The number of rotatable bonds is 5. The summed E-state index contributed by atoms with van der Waals surface area (Å²) in [5, 5.41) is 0. The van der Waals surface area contributed by atoms with Crippen molar-refractivity contribution < 1.29 is 28.6 Å². The summed E-state index contributed by atoms with van der Waals surface area (Å²) in [5.74, 6) is -0.941. The molecule has 0 aliphatic carbocycles. The first kappa shape index (κ1) is 21.1. The van der Waals surface area contributed by atoms with Crippen molar-refractivity contribution in [1.29, 1.82) is 0 Å². The van der Waals surface area contributed by atoms with Gasteiger partial charge in [0, 0.05) is 6.04 Å². The van der Waals surface area contributed by atoms with Crippen LogP contribution in [-0.2, 0) is 30.4 Å². The molecule has 1 aromatic rings. The Bertz CT molecular complexity index is 771. The Morgan fingerprint density at radius 3 is 2.48 bits per heavy atom. The topological polar surface area (TPSA) is 82.1 Å². The third kappa shape index (κ3) is 4.38. The number of hydrogen-bond acceptors (Lipinski definition) is 6. The molecule has 1 amide bonds. The molecular formula is C22H29NO6. The zero-order chi connectivity index (χ0) is 21.2. The van der Waals surface area contributed by atoms with Crippen LogP contribution in [0, 0.1) is 5.92 Å². The van der Waals surface area contributed by atoms with Crippen LogP contribution in [-0.4, -0.2) is 47.2 Å². The number of amides is 1. The van der Waals surface area contributed by atoms with Crippen LogP contribution in [0.25, 0.3) is 0 Å². The molecular weight excluding hydrogens is 374 g/mol. The van der Waals surface area contributed by atoms with Crippen LogP contribution in [0.4, 0.5) is 4.79 Å². The number of carbonyl (C=O) groups is 3. The van der Waals surface area contributed by atoms with Crippen LogP contribution < -0.4 is 0 Å². The summed E-state index contributed by atoms with van der Waals surface area (Å²) in [7, 11) is 1.34. The SMILES string of the molecule is COC(=O)C[C@@H]1C[C@]2(C(=O)OC(C)(C)C)CC[C@H]1N2C(=O)OCc1ccccc1. The number of benzene rings is 1. The van der Waals surface area contributed by atoms with Gasteiger partial charge < -0.3 is 14.2 Å². The monoisotopic (exact) mass is 403 g/mol. The van der Waals surface area contributed by atoms with Crippen LogP contribution in [0.15, 0.2) is 30.3 Å². The van der Waals surface area contributed by atoms with Crippen LogP contribution >= 0.6 is 0 Å². The van der Waals surface area contributed by atoms with Crippen LogP contribution in [0.1, 0.15) is 52.0 Å². The minimum Gasteiger partial charge on any atom is -0.469 e.